The minimum absolute atomic E-state index is 0.410. The van der Waals surface area contributed by atoms with E-state index in [1.807, 2.05) is 12.1 Å². The van der Waals surface area contributed by atoms with Gasteiger partial charge in [0.15, 0.2) is 0 Å². The summed E-state index contributed by atoms with van der Waals surface area (Å²) in [5.41, 5.74) is 9.68. The van der Waals surface area contributed by atoms with Crippen molar-refractivity contribution >= 4 is 16.9 Å². The Morgan fingerprint density at radius 2 is 1.37 bits per heavy atom. The van der Waals surface area contributed by atoms with Gasteiger partial charge in [0.1, 0.15) is 0 Å². The topological polar surface area (TPSA) is 3.24 Å². The van der Waals surface area contributed by atoms with Gasteiger partial charge in [0.25, 0.3) is 0 Å². The summed E-state index contributed by atoms with van der Waals surface area (Å²) in [6, 6.07) is 38.7. The maximum atomic E-state index is 4.09. The number of rotatable bonds is 9. The van der Waals surface area contributed by atoms with E-state index >= 15 is 0 Å². The van der Waals surface area contributed by atoms with Crippen molar-refractivity contribution in [2.45, 2.75) is 18.8 Å². The fourth-order valence-corrected chi connectivity index (χ4v) is 5.78. The molecule has 0 N–H and O–H groups in total. The molecule has 2 aliphatic rings. The molecular formula is C42H37N. The Hall–Kier alpha value is -5.14. The van der Waals surface area contributed by atoms with Crippen LogP contribution in [0.25, 0.3) is 16.7 Å². The average molecular weight is 556 g/mol. The van der Waals surface area contributed by atoms with E-state index in [9.17, 15) is 0 Å². The van der Waals surface area contributed by atoms with Crippen molar-refractivity contribution in [2.24, 2.45) is 5.92 Å². The van der Waals surface area contributed by atoms with Crippen LogP contribution in [-0.4, -0.2) is 0 Å². The van der Waals surface area contributed by atoms with Crippen molar-refractivity contribution in [1.29, 1.82) is 0 Å². The van der Waals surface area contributed by atoms with Gasteiger partial charge in [0.2, 0.25) is 0 Å². The Morgan fingerprint density at radius 3 is 2.02 bits per heavy atom. The summed E-state index contributed by atoms with van der Waals surface area (Å²) in [5.74, 6) is 0.924. The van der Waals surface area contributed by atoms with E-state index in [0.29, 0.717) is 11.8 Å². The molecule has 0 radical (unpaired) electrons. The Bertz CT molecular complexity index is 1700. The third-order valence-corrected chi connectivity index (χ3v) is 8.23. The second-order valence-corrected chi connectivity index (χ2v) is 11.0. The minimum Gasteiger partial charge on any atom is -0.317 e. The number of para-hydroxylation sites is 1. The van der Waals surface area contributed by atoms with Gasteiger partial charge in [-0.15, -0.1) is 0 Å². The molecule has 6 rings (SSSR count). The van der Waals surface area contributed by atoms with Crippen molar-refractivity contribution in [3.05, 3.63) is 199 Å². The molecule has 210 valence electrons. The van der Waals surface area contributed by atoms with Crippen LogP contribution >= 0.6 is 0 Å². The third kappa shape index (κ3) is 6.85. The molecule has 0 aliphatic heterocycles. The molecular weight excluding hydrogens is 518 g/mol. The van der Waals surface area contributed by atoms with E-state index in [1.165, 1.54) is 22.3 Å². The van der Waals surface area contributed by atoms with E-state index in [4.69, 9.17) is 0 Å². The van der Waals surface area contributed by atoms with Gasteiger partial charge in [-0.25, -0.2) is 0 Å². The summed E-state index contributed by atoms with van der Waals surface area (Å²) in [6.45, 7) is 4.09. The van der Waals surface area contributed by atoms with Gasteiger partial charge in [-0.3, -0.25) is 0 Å². The molecule has 2 unspecified atom stereocenters. The van der Waals surface area contributed by atoms with Crippen LogP contribution < -0.4 is 4.90 Å². The van der Waals surface area contributed by atoms with Gasteiger partial charge < -0.3 is 4.90 Å². The van der Waals surface area contributed by atoms with Crippen molar-refractivity contribution in [3.8, 4) is 11.1 Å². The standard InChI is InChI=1S/C42H37N/c1-2-33(36-20-22-37(23-21-36)34-13-6-3-7-14-34)17-12-32-43(41-18-10-5-11-19-41)42-30-28-40(29-31-42)39-26-24-38(25-27-39)35-15-8-4-9-16-35/h2-15,17-26,28-32,35,39H,1,16,27H2/b32-12+,33-17+. The first-order valence-corrected chi connectivity index (χ1v) is 15.1. The van der Waals surface area contributed by atoms with Crippen LogP contribution in [0.4, 0.5) is 11.4 Å². The summed E-state index contributed by atoms with van der Waals surface area (Å²) in [5, 5.41) is 0. The maximum absolute atomic E-state index is 4.09. The highest BCUT2D eigenvalue weighted by Crippen LogP contribution is 2.34. The van der Waals surface area contributed by atoms with E-state index < -0.39 is 0 Å². The molecule has 0 aromatic heterocycles. The lowest BCUT2D eigenvalue weighted by Crippen LogP contribution is -2.09. The molecule has 0 heterocycles. The van der Waals surface area contributed by atoms with Gasteiger partial charge in [0, 0.05) is 29.4 Å². The van der Waals surface area contributed by atoms with Crippen LogP contribution in [0.5, 0.6) is 0 Å². The molecule has 0 spiro atoms. The molecule has 4 aromatic rings. The zero-order valence-electron chi connectivity index (χ0n) is 24.5. The summed E-state index contributed by atoms with van der Waals surface area (Å²) < 4.78 is 0. The molecule has 0 saturated carbocycles. The molecule has 0 amide bonds. The summed E-state index contributed by atoms with van der Waals surface area (Å²) in [6.07, 6.45) is 26.4. The zero-order chi connectivity index (χ0) is 29.3. The number of anilines is 2. The van der Waals surface area contributed by atoms with E-state index in [2.05, 4.69) is 175 Å². The smallest absolute Gasteiger partial charge is 0.0455 e. The second-order valence-electron chi connectivity index (χ2n) is 11.0. The number of hydrogen-bond acceptors (Lipinski definition) is 1. The van der Waals surface area contributed by atoms with Crippen molar-refractivity contribution in [2.75, 3.05) is 4.90 Å². The Labute approximate surface area is 256 Å². The normalized spacial score (nSPS) is 18.0. The van der Waals surface area contributed by atoms with Gasteiger partial charge in [0.05, 0.1) is 0 Å². The first-order chi connectivity index (χ1) is 21.3. The second kappa shape index (κ2) is 13.7. The van der Waals surface area contributed by atoms with Gasteiger partial charge in [-0.05, 0) is 76.6 Å². The lowest BCUT2D eigenvalue weighted by atomic mass is 9.84. The van der Waals surface area contributed by atoms with E-state index in [0.717, 1.165) is 35.4 Å². The van der Waals surface area contributed by atoms with Crippen LogP contribution in [0.3, 0.4) is 0 Å². The number of hydrogen-bond donors (Lipinski definition) is 0. The average Bonchev–Trinajstić information content (AvgIpc) is 3.10. The fraction of sp³-hybridized carbons (Fsp3) is 0.0952. The van der Waals surface area contributed by atoms with E-state index in [1.54, 1.807) is 0 Å². The molecule has 1 nitrogen and oxygen atoms in total. The van der Waals surface area contributed by atoms with Gasteiger partial charge in [-0.2, -0.15) is 0 Å². The third-order valence-electron chi connectivity index (χ3n) is 8.23. The van der Waals surface area contributed by atoms with Crippen molar-refractivity contribution in [1.82, 2.24) is 0 Å². The molecule has 0 saturated heterocycles. The molecule has 0 bridgehead atoms. The SMILES string of the molecule is C=C/C(=C\C=C\N(c1ccccc1)c1ccc(C2C=CC(C3C=CC=CC3)=CC2)cc1)c1ccc(-c2ccccc2)cc1. The largest absolute Gasteiger partial charge is 0.317 e. The molecule has 2 aliphatic carbocycles. The van der Waals surface area contributed by atoms with Crippen LogP contribution in [0.2, 0.25) is 0 Å². The highest BCUT2D eigenvalue weighted by molar-refractivity contribution is 5.77. The highest BCUT2D eigenvalue weighted by Gasteiger charge is 2.16. The van der Waals surface area contributed by atoms with Crippen LogP contribution in [0.1, 0.15) is 29.9 Å². The maximum Gasteiger partial charge on any atom is 0.0455 e. The Balaban J connectivity index is 1.19. The molecule has 43 heavy (non-hydrogen) atoms. The summed E-state index contributed by atoms with van der Waals surface area (Å²) in [7, 11) is 0. The van der Waals surface area contributed by atoms with Gasteiger partial charge >= 0.3 is 0 Å². The molecule has 0 fully saturated rings. The van der Waals surface area contributed by atoms with Crippen LogP contribution in [0, 0.1) is 5.92 Å². The van der Waals surface area contributed by atoms with Crippen LogP contribution in [-0.2, 0) is 0 Å². The predicted octanol–water partition coefficient (Wildman–Crippen LogP) is 11.4. The molecule has 4 aromatic carbocycles. The first kappa shape index (κ1) is 28.0. The quantitative estimate of drug-likeness (QED) is 0.186. The zero-order valence-corrected chi connectivity index (χ0v) is 24.5. The van der Waals surface area contributed by atoms with E-state index in [-0.39, 0.29) is 0 Å². The van der Waals surface area contributed by atoms with Crippen molar-refractivity contribution in [3.63, 3.8) is 0 Å². The number of allylic oxidation sites excluding steroid dienone is 12. The number of benzene rings is 4. The Kier molecular flexibility index (Phi) is 8.91. The predicted molar refractivity (Wildman–Crippen MR) is 185 cm³/mol. The van der Waals surface area contributed by atoms with Crippen molar-refractivity contribution < 1.29 is 0 Å². The Morgan fingerprint density at radius 1 is 0.674 bits per heavy atom. The summed E-state index contributed by atoms with van der Waals surface area (Å²) in [4.78, 5) is 2.23. The van der Waals surface area contributed by atoms with Crippen LogP contribution in [0.15, 0.2) is 188 Å². The number of nitrogens with zero attached hydrogens (tertiary/aromatic N) is 1. The lowest BCUT2D eigenvalue weighted by Gasteiger charge is -2.23. The lowest BCUT2D eigenvalue weighted by molar-refractivity contribution is 0.750. The van der Waals surface area contributed by atoms with Gasteiger partial charge in [-0.1, -0.05) is 146 Å². The fourth-order valence-electron chi connectivity index (χ4n) is 5.78. The monoisotopic (exact) mass is 555 g/mol. The minimum atomic E-state index is 0.410. The molecule has 2 atom stereocenters. The highest BCUT2D eigenvalue weighted by atomic mass is 15.1. The first-order valence-electron chi connectivity index (χ1n) is 15.1. The summed E-state index contributed by atoms with van der Waals surface area (Å²) >= 11 is 0. The molecule has 1 heteroatoms.